The van der Waals surface area contributed by atoms with Gasteiger partial charge in [-0.15, -0.1) is 0 Å². The second kappa shape index (κ2) is 7.85. The third kappa shape index (κ3) is 4.59. The first-order chi connectivity index (χ1) is 13.1. The van der Waals surface area contributed by atoms with Gasteiger partial charge in [-0.2, -0.15) is 0 Å². The van der Waals surface area contributed by atoms with E-state index in [1.54, 1.807) is 0 Å². The fourth-order valence-electron chi connectivity index (χ4n) is 4.18. The number of benzene rings is 2. The molecule has 1 saturated heterocycles. The zero-order valence-corrected chi connectivity index (χ0v) is 16.5. The van der Waals surface area contributed by atoms with Crippen LogP contribution in [0.2, 0.25) is 0 Å². The first-order valence-electron chi connectivity index (χ1n) is 10.3. The molecular weight excluding hydrogens is 332 g/mol. The monoisotopic (exact) mass is 362 g/mol. The van der Waals surface area contributed by atoms with Crippen molar-refractivity contribution in [3.63, 3.8) is 0 Å². The van der Waals surface area contributed by atoms with E-state index in [0.29, 0.717) is 0 Å². The van der Waals surface area contributed by atoms with Crippen molar-refractivity contribution in [1.82, 2.24) is 10.2 Å². The summed E-state index contributed by atoms with van der Waals surface area (Å²) in [6, 6.07) is 15.6. The summed E-state index contributed by atoms with van der Waals surface area (Å²) in [4.78, 5) is 14.9. The Morgan fingerprint density at radius 3 is 2.37 bits per heavy atom. The molecule has 1 saturated carbocycles. The first kappa shape index (κ1) is 18.2. The van der Waals surface area contributed by atoms with Gasteiger partial charge in [0.15, 0.2) is 0 Å². The van der Waals surface area contributed by atoms with E-state index >= 15 is 0 Å². The number of hydrogen-bond donors (Lipinski definition) is 1. The van der Waals surface area contributed by atoms with Gasteiger partial charge in [0.25, 0.3) is 0 Å². The highest BCUT2D eigenvalue weighted by Gasteiger charge is 2.31. The minimum absolute atomic E-state index is 0.0443. The Morgan fingerprint density at radius 1 is 1.00 bits per heavy atom. The number of carbonyl (C=O) groups excluding carboxylic acids is 1. The zero-order valence-electron chi connectivity index (χ0n) is 16.5. The van der Waals surface area contributed by atoms with Crippen molar-refractivity contribution in [3.8, 4) is 11.1 Å². The highest BCUT2D eigenvalue weighted by atomic mass is 16.2. The number of nitrogens with zero attached hydrogens (tertiary/aromatic N) is 1. The molecule has 1 aliphatic heterocycles. The Balaban J connectivity index is 1.40. The number of hydrogen-bond acceptors (Lipinski definition) is 2. The molecule has 0 radical (unpaired) electrons. The van der Waals surface area contributed by atoms with E-state index in [9.17, 15) is 4.79 Å². The molecule has 0 spiro atoms. The van der Waals surface area contributed by atoms with Crippen LogP contribution < -0.4 is 5.32 Å². The quantitative estimate of drug-likeness (QED) is 0.823. The van der Waals surface area contributed by atoms with Gasteiger partial charge in [0.2, 0.25) is 5.91 Å². The predicted octanol–water partition coefficient (Wildman–Crippen LogP) is 4.46. The number of carbonyl (C=O) groups is 1. The van der Waals surface area contributed by atoms with Crippen LogP contribution in [-0.2, 0) is 11.3 Å². The summed E-state index contributed by atoms with van der Waals surface area (Å²) in [6.45, 7) is 7.03. The minimum atomic E-state index is 0.0443. The third-order valence-corrected chi connectivity index (χ3v) is 5.82. The van der Waals surface area contributed by atoms with Gasteiger partial charge in [0.1, 0.15) is 0 Å². The van der Waals surface area contributed by atoms with Crippen molar-refractivity contribution in [3.05, 3.63) is 59.2 Å². The summed E-state index contributed by atoms with van der Waals surface area (Å²) in [6.07, 6.45) is 4.66. The van der Waals surface area contributed by atoms with Gasteiger partial charge in [-0.1, -0.05) is 53.6 Å². The fraction of sp³-hybridized carbons (Fsp3) is 0.458. The molecule has 0 aromatic heterocycles. The summed E-state index contributed by atoms with van der Waals surface area (Å²) in [7, 11) is 0. The van der Waals surface area contributed by atoms with E-state index in [2.05, 4.69) is 66.5 Å². The van der Waals surface area contributed by atoms with Crippen molar-refractivity contribution in [2.45, 2.75) is 52.1 Å². The van der Waals surface area contributed by atoms with Crippen molar-refractivity contribution < 1.29 is 4.79 Å². The Morgan fingerprint density at radius 2 is 1.70 bits per heavy atom. The van der Waals surface area contributed by atoms with Crippen LogP contribution in [0.4, 0.5) is 0 Å². The predicted molar refractivity (Wildman–Crippen MR) is 111 cm³/mol. The Bertz CT molecular complexity index is 787. The number of rotatable bonds is 6. The van der Waals surface area contributed by atoms with E-state index in [1.807, 2.05) is 0 Å². The Labute approximate surface area is 162 Å². The average molecular weight is 363 g/mol. The lowest BCUT2D eigenvalue weighted by atomic mass is 9.99. The molecule has 3 heteroatoms. The van der Waals surface area contributed by atoms with Crippen LogP contribution in [0.1, 0.15) is 42.4 Å². The van der Waals surface area contributed by atoms with Gasteiger partial charge >= 0.3 is 0 Å². The maximum atomic E-state index is 12.5. The topological polar surface area (TPSA) is 32.3 Å². The summed E-state index contributed by atoms with van der Waals surface area (Å²) >= 11 is 0. The van der Waals surface area contributed by atoms with E-state index in [1.165, 1.54) is 40.7 Å². The molecule has 1 unspecified atom stereocenters. The van der Waals surface area contributed by atoms with Gasteiger partial charge in [0.05, 0.1) is 6.04 Å². The van der Waals surface area contributed by atoms with Gasteiger partial charge < -0.3 is 5.32 Å². The molecule has 2 fully saturated rings. The van der Waals surface area contributed by atoms with Crippen LogP contribution in [0.25, 0.3) is 11.1 Å². The summed E-state index contributed by atoms with van der Waals surface area (Å²) in [5, 5.41) is 3.16. The van der Waals surface area contributed by atoms with E-state index in [4.69, 9.17) is 0 Å². The van der Waals surface area contributed by atoms with Crippen LogP contribution in [0, 0.1) is 19.8 Å². The second-order valence-corrected chi connectivity index (χ2v) is 8.39. The van der Waals surface area contributed by atoms with Gasteiger partial charge in [-0.05, 0) is 68.7 Å². The van der Waals surface area contributed by atoms with Crippen LogP contribution in [0.5, 0.6) is 0 Å². The number of amides is 1. The van der Waals surface area contributed by atoms with Crippen LogP contribution >= 0.6 is 0 Å². The second-order valence-electron chi connectivity index (χ2n) is 8.39. The van der Waals surface area contributed by atoms with Crippen LogP contribution in [-0.4, -0.2) is 29.9 Å². The zero-order chi connectivity index (χ0) is 18.8. The Hall–Kier alpha value is -2.13. The SMILES string of the molecule is Cc1cc(C)cc(-c2ccc(CN3CCCC3C(=O)NCC3CC3)cc2)c1. The van der Waals surface area contributed by atoms with Crippen molar-refractivity contribution in [2.24, 2.45) is 5.92 Å². The molecule has 1 N–H and O–H groups in total. The van der Waals surface area contributed by atoms with E-state index in [-0.39, 0.29) is 11.9 Å². The smallest absolute Gasteiger partial charge is 0.237 e. The van der Waals surface area contributed by atoms with Gasteiger partial charge in [0, 0.05) is 13.1 Å². The number of aryl methyl sites for hydroxylation is 2. The third-order valence-electron chi connectivity index (χ3n) is 5.82. The largest absolute Gasteiger partial charge is 0.354 e. The molecule has 4 rings (SSSR count). The fourth-order valence-corrected chi connectivity index (χ4v) is 4.18. The molecule has 0 bridgehead atoms. The molecule has 1 atom stereocenters. The number of nitrogens with one attached hydrogen (secondary N) is 1. The average Bonchev–Trinajstić information content (AvgIpc) is 3.37. The normalized spacial score (nSPS) is 20.0. The molecular formula is C24H30N2O. The molecule has 2 aromatic rings. The van der Waals surface area contributed by atoms with Gasteiger partial charge in [-0.25, -0.2) is 0 Å². The lowest BCUT2D eigenvalue weighted by Gasteiger charge is -2.24. The van der Waals surface area contributed by atoms with E-state index < -0.39 is 0 Å². The maximum Gasteiger partial charge on any atom is 0.237 e. The maximum absolute atomic E-state index is 12.5. The molecule has 1 amide bonds. The summed E-state index contributed by atoms with van der Waals surface area (Å²) in [5.41, 5.74) is 6.41. The lowest BCUT2D eigenvalue weighted by molar-refractivity contribution is -0.125. The Kier molecular flexibility index (Phi) is 5.31. The molecule has 1 heterocycles. The highest BCUT2D eigenvalue weighted by molar-refractivity contribution is 5.82. The first-order valence-corrected chi connectivity index (χ1v) is 10.3. The van der Waals surface area contributed by atoms with Crippen LogP contribution in [0.3, 0.4) is 0 Å². The van der Waals surface area contributed by atoms with Gasteiger partial charge in [-0.3, -0.25) is 9.69 Å². The van der Waals surface area contributed by atoms with Crippen LogP contribution in [0.15, 0.2) is 42.5 Å². The molecule has 2 aliphatic rings. The molecule has 3 nitrogen and oxygen atoms in total. The van der Waals surface area contributed by atoms with Crippen molar-refractivity contribution in [2.75, 3.05) is 13.1 Å². The highest BCUT2D eigenvalue weighted by Crippen LogP contribution is 2.28. The molecule has 2 aromatic carbocycles. The molecule has 1 aliphatic carbocycles. The summed E-state index contributed by atoms with van der Waals surface area (Å²) < 4.78 is 0. The molecule has 27 heavy (non-hydrogen) atoms. The molecule has 142 valence electrons. The summed E-state index contributed by atoms with van der Waals surface area (Å²) in [5.74, 6) is 0.966. The van der Waals surface area contributed by atoms with E-state index in [0.717, 1.165) is 38.4 Å². The van der Waals surface area contributed by atoms with Crippen molar-refractivity contribution in [1.29, 1.82) is 0 Å². The number of likely N-dealkylation sites (tertiary alicyclic amines) is 1. The standard InChI is InChI=1S/C24H30N2O/c1-17-12-18(2)14-22(13-17)21-9-7-20(8-10-21)16-26-11-3-4-23(26)24(27)25-15-19-5-6-19/h7-10,12-14,19,23H,3-6,11,15-16H2,1-2H3,(H,25,27). The van der Waals surface area contributed by atoms with Crippen molar-refractivity contribution >= 4 is 5.91 Å². The lowest BCUT2D eigenvalue weighted by Crippen LogP contribution is -2.43. The minimum Gasteiger partial charge on any atom is -0.354 e.